The van der Waals surface area contributed by atoms with E-state index in [-0.39, 0.29) is 17.8 Å². The van der Waals surface area contributed by atoms with E-state index >= 15 is 0 Å². The molecule has 0 N–H and O–H groups in total. The Labute approximate surface area is 123 Å². The van der Waals surface area contributed by atoms with Gasteiger partial charge in [-0.3, -0.25) is 9.69 Å². The van der Waals surface area contributed by atoms with Crippen LogP contribution < -0.4 is 0 Å². The molecule has 1 amide bonds. The maximum Gasteiger partial charge on any atom is 0.240 e. The van der Waals surface area contributed by atoms with Crippen molar-refractivity contribution in [3.05, 3.63) is 35.6 Å². The van der Waals surface area contributed by atoms with Crippen LogP contribution in [0.2, 0.25) is 0 Å². The fourth-order valence-electron chi connectivity index (χ4n) is 3.26. The van der Waals surface area contributed by atoms with Crippen LogP contribution >= 0.6 is 0 Å². The lowest BCUT2D eigenvalue weighted by molar-refractivity contribution is -0.133. The minimum absolute atomic E-state index is 0.0772. The van der Waals surface area contributed by atoms with Gasteiger partial charge in [0.15, 0.2) is 0 Å². The van der Waals surface area contributed by atoms with E-state index < -0.39 is 6.17 Å². The molecule has 0 radical (unpaired) electrons. The summed E-state index contributed by atoms with van der Waals surface area (Å²) >= 11 is 0. The molecule has 114 valence electrons. The van der Waals surface area contributed by atoms with Crippen molar-refractivity contribution in [1.82, 2.24) is 9.80 Å². The Balaban J connectivity index is 1.62. The topological polar surface area (TPSA) is 23.6 Å². The summed E-state index contributed by atoms with van der Waals surface area (Å²) in [6, 6.07) is 6.05. The highest BCUT2D eigenvalue weighted by Crippen LogP contribution is 2.24. The monoisotopic (exact) mass is 294 g/mol. The smallest absolute Gasteiger partial charge is 0.240 e. The van der Waals surface area contributed by atoms with Crippen molar-refractivity contribution in [2.75, 3.05) is 19.6 Å². The van der Waals surface area contributed by atoms with E-state index in [9.17, 15) is 13.6 Å². The third kappa shape index (κ3) is 3.23. The summed E-state index contributed by atoms with van der Waals surface area (Å²) in [5.41, 5.74) is 0.924. The number of amides is 1. The lowest BCUT2D eigenvalue weighted by Gasteiger charge is -2.32. The number of hydrogen-bond acceptors (Lipinski definition) is 2. The number of alkyl halides is 1. The third-order valence-corrected chi connectivity index (χ3v) is 4.39. The molecule has 0 aliphatic carbocycles. The number of halogens is 2. The molecule has 3 rings (SSSR count). The van der Waals surface area contributed by atoms with Crippen LogP contribution in [0.4, 0.5) is 8.78 Å². The van der Waals surface area contributed by atoms with Gasteiger partial charge in [0, 0.05) is 19.6 Å². The minimum Gasteiger partial charge on any atom is -0.337 e. The molecule has 1 aromatic rings. The maximum absolute atomic E-state index is 13.5. The number of carbonyl (C=O) groups is 1. The molecule has 2 fully saturated rings. The lowest BCUT2D eigenvalue weighted by atomic mass is 10.1. The van der Waals surface area contributed by atoms with Crippen LogP contribution in [0, 0.1) is 5.82 Å². The quantitative estimate of drug-likeness (QED) is 0.854. The molecule has 0 bridgehead atoms. The van der Waals surface area contributed by atoms with Gasteiger partial charge in [-0.05, 0) is 43.5 Å². The van der Waals surface area contributed by atoms with Gasteiger partial charge >= 0.3 is 0 Å². The number of likely N-dealkylation sites (tertiary alicyclic amines) is 2. The van der Waals surface area contributed by atoms with E-state index in [0.717, 1.165) is 24.9 Å². The summed E-state index contributed by atoms with van der Waals surface area (Å²) in [4.78, 5) is 16.2. The van der Waals surface area contributed by atoms with Crippen LogP contribution in [-0.2, 0) is 11.3 Å². The first kappa shape index (κ1) is 14.4. The molecular formula is C16H20F2N2O. The molecular weight excluding hydrogens is 274 g/mol. The molecule has 0 aromatic heterocycles. The van der Waals surface area contributed by atoms with Crippen LogP contribution in [0.5, 0.6) is 0 Å². The molecule has 2 aliphatic rings. The summed E-state index contributed by atoms with van der Waals surface area (Å²) in [7, 11) is 0. The van der Waals surface area contributed by atoms with Crippen molar-refractivity contribution in [1.29, 1.82) is 0 Å². The highest BCUT2D eigenvalue weighted by molar-refractivity contribution is 5.84. The van der Waals surface area contributed by atoms with Gasteiger partial charge in [-0.15, -0.1) is 0 Å². The van der Waals surface area contributed by atoms with Crippen molar-refractivity contribution < 1.29 is 13.6 Å². The third-order valence-electron chi connectivity index (χ3n) is 4.39. The fraction of sp³-hybridized carbons (Fsp3) is 0.562. The predicted molar refractivity (Wildman–Crippen MR) is 75.9 cm³/mol. The molecule has 2 unspecified atom stereocenters. The standard InChI is InChI=1S/C16H20F2N2O/c17-13-5-3-12(4-6-13)10-20-9-7-15(16(20)21)19-8-1-2-14(18)11-19/h3-6,14-15H,1-2,7-11H2. The first-order valence-electron chi connectivity index (χ1n) is 7.55. The second-order valence-corrected chi connectivity index (χ2v) is 5.93. The molecule has 21 heavy (non-hydrogen) atoms. The summed E-state index contributed by atoms with van der Waals surface area (Å²) in [6.45, 7) is 2.37. The van der Waals surface area contributed by atoms with Gasteiger partial charge in [-0.1, -0.05) is 12.1 Å². The largest absolute Gasteiger partial charge is 0.337 e. The zero-order chi connectivity index (χ0) is 14.8. The molecule has 2 aliphatic heterocycles. The maximum atomic E-state index is 13.5. The van der Waals surface area contributed by atoms with Gasteiger partial charge in [0.2, 0.25) is 5.91 Å². The van der Waals surface area contributed by atoms with Gasteiger partial charge < -0.3 is 4.90 Å². The summed E-state index contributed by atoms with van der Waals surface area (Å²) in [5.74, 6) is -0.194. The van der Waals surface area contributed by atoms with E-state index in [1.165, 1.54) is 12.1 Å². The first-order valence-corrected chi connectivity index (χ1v) is 7.55. The van der Waals surface area contributed by atoms with E-state index in [1.54, 1.807) is 17.0 Å². The van der Waals surface area contributed by atoms with Gasteiger partial charge in [0.05, 0.1) is 6.04 Å². The Bertz CT molecular complexity index is 506. The Morgan fingerprint density at radius 2 is 1.90 bits per heavy atom. The van der Waals surface area contributed by atoms with Gasteiger partial charge in [-0.2, -0.15) is 0 Å². The number of rotatable bonds is 3. The van der Waals surface area contributed by atoms with Crippen molar-refractivity contribution in [2.24, 2.45) is 0 Å². The molecule has 2 saturated heterocycles. The van der Waals surface area contributed by atoms with Gasteiger partial charge in [0.1, 0.15) is 12.0 Å². The SMILES string of the molecule is O=C1C(N2CCCC(F)C2)CCN1Cc1ccc(F)cc1. The average molecular weight is 294 g/mol. The zero-order valence-corrected chi connectivity index (χ0v) is 12.0. The number of carbonyl (C=O) groups excluding carboxylic acids is 1. The Morgan fingerprint density at radius 3 is 2.62 bits per heavy atom. The Morgan fingerprint density at radius 1 is 1.14 bits per heavy atom. The fourth-order valence-corrected chi connectivity index (χ4v) is 3.26. The average Bonchev–Trinajstić information content (AvgIpc) is 2.83. The highest BCUT2D eigenvalue weighted by atomic mass is 19.1. The Hall–Kier alpha value is -1.49. The zero-order valence-electron chi connectivity index (χ0n) is 12.0. The molecule has 0 saturated carbocycles. The van der Waals surface area contributed by atoms with Crippen molar-refractivity contribution in [3.8, 4) is 0 Å². The predicted octanol–water partition coefficient (Wildman–Crippen LogP) is 2.36. The van der Waals surface area contributed by atoms with Crippen molar-refractivity contribution in [2.45, 2.75) is 38.0 Å². The van der Waals surface area contributed by atoms with Gasteiger partial charge in [-0.25, -0.2) is 8.78 Å². The summed E-state index contributed by atoms with van der Waals surface area (Å²) in [6.07, 6.45) is 1.38. The van der Waals surface area contributed by atoms with Crippen LogP contribution in [0.15, 0.2) is 24.3 Å². The minimum atomic E-state index is -0.808. The molecule has 2 atom stereocenters. The second-order valence-electron chi connectivity index (χ2n) is 5.93. The number of nitrogens with zero attached hydrogens (tertiary/aromatic N) is 2. The normalized spacial score (nSPS) is 27.3. The molecule has 2 heterocycles. The molecule has 3 nitrogen and oxygen atoms in total. The van der Waals surface area contributed by atoms with Crippen LogP contribution in [-0.4, -0.2) is 47.6 Å². The Kier molecular flexibility index (Phi) is 4.19. The molecule has 1 aromatic carbocycles. The summed E-state index contributed by atoms with van der Waals surface area (Å²) < 4.78 is 26.4. The van der Waals surface area contributed by atoms with E-state index in [2.05, 4.69) is 0 Å². The van der Waals surface area contributed by atoms with Gasteiger partial charge in [0.25, 0.3) is 0 Å². The molecule has 0 spiro atoms. The first-order chi connectivity index (χ1) is 10.1. The van der Waals surface area contributed by atoms with Crippen LogP contribution in [0.3, 0.4) is 0 Å². The van der Waals surface area contributed by atoms with E-state index in [4.69, 9.17) is 0 Å². The van der Waals surface area contributed by atoms with E-state index in [0.29, 0.717) is 26.1 Å². The summed E-state index contributed by atoms with van der Waals surface area (Å²) in [5, 5.41) is 0. The number of hydrogen-bond donors (Lipinski definition) is 0. The number of piperidine rings is 1. The van der Waals surface area contributed by atoms with Crippen LogP contribution in [0.25, 0.3) is 0 Å². The molecule has 5 heteroatoms. The number of benzene rings is 1. The van der Waals surface area contributed by atoms with E-state index in [1.807, 2.05) is 4.90 Å². The van der Waals surface area contributed by atoms with Crippen molar-refractivity contribution in [3.63, 3.8) is 0 Å². The van der Waals surface area contributed by atoms with Crippen LogP contribution in [0.1, 0.15) is 24.8 Å². The van der Waals surface area contributed by atoms with Crippen molar-refractivity contribution >= 4 is 5.91 Å². The lowest BCUT2D eigenvalue weighted by Crippen LogP contribution is -2.47. The second kappa shape index (κ2) is 6.10. The highest BCUT2D eigenvalue weighted by Gasteiger charge is 2.37.